The van der Waals surface area contributed by atoms with Crippen molar-refractivity contribution in [3.63, 3.8) is 0 Å². The quantitative estimate of drug-likeness (QED) is 0.717. The van der Waals surface area contributed by atoms with E-state index in [0.29, 0.717) is 6.42 Å². The molecule has 0 unspecified atom stereocenters. The molecule has 2 aromatic carbocycles. The van der Waals surface area contributed by atoms with Crippen LogP contribution in [0.1, 0.15) is 13.3 Å². The Morgan fingerprint density at radius 3 is 1.87 bits per heavy atom. The molecule has 0 aliphatic rings. The summed E-state index contributed by atoms with van der Waals surface area (Å²) in [6.07, 6.45) is 0.441. The van der Waals surface area contributed by atoms with Gasteiger partial charge in [0.15, 0.2) is 0 Å². The third-order valence-corrected chi connectivity index (χ3v) is 3.60. The molecule has 2 rings (SSSR count). The lowest BCUT2D eigenvalue weighted by molar-refractivity contribution is -0.116. The highest BCUT2D eigenvalue weighted by Crippen LogP contribution is 2.15. The van der Waals surface area contributed by atoms with Crippen molar-refractivity contribution >= 4 is 44.8 Å². The monoisotopic (exact) mass is 375 g/mol. The van der Waals surface area contributed by atoms with Crippen molar-refractivity contribution in [3.8, 4) is 0 Å². The molecule has 2 amide bonds. The summed E-state index contributed by atoms with van der Waals surface area (Å²) in [4.78, 5) is 23.2. The summed E-state index contributed by atoms with van der Waals surface area (Å²) in [6, 6.07) is 14.6. The molecule has 0 fully saturated rings. The highest BCUT2D eigenvalue weighted by Gasteiger charge is 2.03. The van der Waals surface area contributed by atoms with Gasteiger partial charge < -0.3 is 16.0 Å². The number of anilines is 3. The van der Waals surface area contributed by atoms with E-state index in [9.17, 15) is 9.59 Å². The van der Waals surface area contributed by atoms with E-state index in [-0.39, 0.29) is 18.4 Å². The molecule has 0 saturated heterocycles. The summed E-state index contributed by atoms with van der Waals surface area (Å²) in [5.41, 5.74) is 2.30. The molecule has 0 bridgehead atoms. The van der Waals surface area contributed by atoms with Crippen LogP contribution >= 0.6 is 15.9 Å². The maximum atomic E-state index is 11.9. The van der Waals surface area contributed by atoms with Crippen molar-refractivity contribution in [2.75, 3.05) is 22.5 Å². The van der Waals surface area contributed by atoms with Gasteiger partial charge in [0.25, 0.3) is 0 Å². The van der Waals surface area contributed by atoms with E-state index in [1.54, 1.807) is 19.1 Å². The smallest absolute Gasteiger partial charge is 0.243 e. The summed E-state index contributed by atoms with van der Waals surface area (Å²) in [5, 5.41) is 8.61. The molecule has 5 nitrogen and oxygen atoms in total. The van der Waals surface area contributed by atoms with E-state index < -0.39 is 0 Å². The third-order valence-electron chi connectivity index (χ3n) is 3.07. The molecular formula is C17H18BrN3O2. The fourth-order valence-corrected chi connectivity index (χ4v) is 2.11. The average Bonchev–Trinajstić information content (AvgIpc) is 2.56. The first-order valence-electron chi connectivity index (χ1n) is 7.26. The van der Waals surface area contributed by atoms with Crippen molar-refractivity contribution in [3.05, 3.63) is 53.0 Å². The Kier molecular flexibility index (Phi) is 6.17. The number of hydrogen-bond acceptors (Lipinski definition) is 3. The van der Waals surface area contributed by atoms with E-state index in [0.717, 1.165) is 21.5 Å². The normalized spacial score (nSPS) is 10.0. The first-order valence-corrected chi connectivity index (χ1v) is 8.05. The first-order chi connectivity index (χ1) is 11.1. The summed E-state index contributed by atoms with van der Waals surface area (Å²) in [6.45, 7) is 1.96. The number of amides is 2. The molecule has 6 heteroatoms. The molecular weight excluding hydrogens is 358 g/mol. The standard InChI is InChI=1S/C17H18BrN3O2/c1-2-16(22)20-15-9-7-13(8-10-15)19-11-17(23)21-14-5-3-12(18)4-6-14/h3-10,19H,2,11H2,1H3,(H,20,22)(H,21,23). The number of hydrogen-bond donors (Lipinski definition) is 3. The molecule has 0 saturated carbocycles. The lowest BCUT2D eigenvalue weighted by Crippen LogP contribution is -2.21. The van der Waals surface area contributed by atoms with E-state index >= 15 is 0 Å². The first kappa shape index (κ1) is 17.0. The molecule has 3 N–H and O–H groups in total. The Bertz CT molecular complexity index is 669. The van der Waals surface area contributed by atoms with Crippen molar-refractivity contribution in [2.24, 2.45) is 0 Å². The Morgan fingerprint density at radius 2 is 1.30 bits per heavy atom. The van der Waals surface area contributed by atoms with Gasteiger partial charge >= 0.3 is 0 Å². The van der Waals surface area contributed by atoms with Crippen molar-refractivity contribution in [1.29, 1.82) is 0 Å². The summed E-state index contributed by atoms with van der Waals surface area (Å²) >= 11 is 3.35. The molecule has 0 aliphatic heterocycles. The number of halogens is 1. The van der Waals surface area contributed by atoms with Gasteiger partial charge in [-0.15, -0.1) is 0 Å². The zero-order valence-electron chi connectivity index (χ0n) is 12.7. The molecule has 0 aromatic heterocycles. The minimum absolute atomic E-state index is 0.0282. The zero-order chi connectivity index (χ0) is 16.7. The van der Waals surface area contributed by atoms with Crippen LogP contribution in [0.15, 0.2) is 53.0 Å². The number of carbonyl (C=O) groups excluding carboxylic acids is 2. The fraction of sp³-hybridized carbons (Fsp3) is 0.176. The summed E-state index contributed by atoms with van der Waals surface area (Å²) in [5.74, 6) is -0.157. The van der Waals surface area contributed by atoms with Gasteiger partial charge in [-0.1, -0.05) is 22.9 Å². The van der Waals surface area contributed by atoms with E-state index in [2.05, 4.69) is 31.9 Å². The van der Waals surface area contributed by atoms with Gasteiger partial charge in [-0.05, 0) is 48.5 Å². The summed E-state index contributed by atoms with van der Waals surface area (Å²) in [7, 11) is 0. The minimum atomic E-state index is -0.129. The topological polar surface area (TPSA) is 70.2 Å². The maximum Gasteiger partial charge on any atom is 0.243 e. The van der Waals surface area contributed by atoms with E-state index in [4.69, 9.17) is 0 Å². The second-order valence-electron chi connectivity index (χ2n) is 4.89. The second-order valence-corrected chi connectivity index (χ2v) is 5.80. The summed E-state index contributed by atoms with van der Waals surface area (Å²) < 4.78 is 0.962. The number of nitrogens with one attached hydrogen (secondary N) is 3. The zero-order valence-corrected chi connectivity index (χ0v) is 14.3. The van der Waals surface area contributed by atoms with Crippen LogP contribution in [0, 0.1) is 0 Å². The highest BCUT2D eigenvalue weighted by molar-refractivity contribution is 9.10. The molecule has 23 heavy (non-hydrogen) atoms. The van der Waals surface area contributed by atoms with Crippen LogP contribution in [-0.4, -0.2) is 18.4 Å². The van der Waals surface area contributed by atoms with Gasteiger partial charge in [0.2, 0.25) is 11.8 Å². The van der Waals surface area contributed by atoms with Gasteiger partial charge in [0.1, 0.15) is 0 Å². The van der Waals surface area contributed by atoms with Gasteiger partial charge in [0, 0.05) is 28.0 Å². The number of benzene rings is 2. The van der Waals surface area contributed by atoms with E-state index in [1.807, 2.05) is 36.4 Å². The van der Waals surface area contributed by atoms with Crippen LogP contribution in [0.3, 0.4) is 0 Å². The minimum Gasteiger partial charge on any atom is -0.376 e. The van der Waals surface area contributed by atoms with Crippen molar-refractivity contribution in [2.45, 2.75) is 13.3 Å². The van der Waals surface area contributed by atoms with Crippen molar-refractivity contribution in [1.82, 2.24) is 0 Å². The van der Waals surface area contributed by atoms with Gasteiger partial charge in [0.05, 0.1) is 6.54 Å². The number of rotatable bonds is 6. The third kappa shape index (κ3) is 5.75. The van der Waals surface area contributed by atoms with Gasteiger partial charge in [-0.25, -0.2) is 0 Å². The largest absolute Gasteiger partial charge is 0.376 e. The molecule has 2 aromatic rings. The van der Waals surface area contributed by atoms with Crippen molar-refractivity contribution < 1.29 is 9.59 Å². The predicted molar refractivity (Wildman–Crippen MR) is 96.6 cm³/mol. The maximum absolute atomic E-state index is 11.9. The van der Waals surface area contributed by atoms with E-state index in [1.165, 1.54) is 0 Å². The molecule has 0 aliphatic carbocycles. The SMILES string of the molecule is CCC(=O)Nc1ccc(NCC(=O)Nc2ccc(Br)cc2)cc1. The van der Waals surface area contributed by atoms with Crippen LogP contribution < -0.4 is 16.0 Å². The highest BCUT2D eigenvalue weighted by atomic mass is 79.9. The predicted octanol–water partition coefficient (Wildman–Crippen LogP) is 3.85. The van der Waals surface area contributed by atoms with Gasteiger partial charge in [-0.2, -0.15) is 0 Å². The Balaban J connectivity index is 1.82. The van der Waals surface area contributed by atoms with Crippen LogP contribution in [0.25, 0.3) is 0 Å². The lowest BCUT2D eigenvalue weighted by atomic mass is 10.2. The molecule has 0 heterocycles. The van der Waals surface area contributed by atoms with Crippen LogP contribution in [0.4, 0.5) is 17.1 Å². The second kappa shape index (κ2) is 8.33. The molecule has 0 radical (unpaired) electrons. The molecule has 120 valence electrons. The molecule has 0 atom stereocenters. The Hall–Kier alpha value is -2.34. The Labute approximate surface area is 143 Å². The van der Waals surface area contributed by atoms with Crippen LogP contribution in [0.5, 0.6) is 0 Å². The molecule has 0 spiro atoms. The number of carbonyl (C=O) groups is 2. The average molecular weight is 376 g/mol. The van der Waals surface area contributed by atoms with Gasteiger partial charge in [-0.3, -0.25) is 9.59 Å². The Morgan fingerprint density at radius 1 is 0.826 bits per heavy atom. The van der Waals surface area contributed by atoms with Crippen LogP contribution in [0.2, 0.25) is 0 Å². The fourth-order valence-electron chi connectivity index (χ4n) is 1.84. The lowest BCUT2D eigenvalue weighted by Gasteiger charge is -2.09. The van der Waals surface area contributed by atoms with Crippen LogP contribution in [-0.2, 0) is 9.59 Å².